The molecule has 5 aromatic rings. The van der Waals surface area contributed by atoms with Crippen molar-refractivity contribution in [1.29, 1.82) is 0 Å². The van der Waals surface area contributed by atoms with Crippen LogP contribution in [0.15, 0.2) is 103 Å². The fourth-order valence-corrected chi connectivity index (χ4v) is 14.9. The van der Waals surface area contributed by atoms with E-state index in [1.165, 1.54) is 5.19 Å². The SMILES string of the molecule is COc1ccc([Si](C)(C)[C@H]2[C@H](CCn3cc(C(CO)c4ccccc4)nn3)O[C@@]3(C(=O)N(Cc4ccc(NC(=O)[C@H]5CCCN5)cc4)c4ccc(NC(=O)[C@H]5CCCN5)cc43)[C@@H]2C)cc1. The summed E-state index contributed by atoms with van der Waals surface area (Å²) in [5, 5.41) is 33.4. The molecule has 5 heterocycles. The molecule has 4 aromatic carbocycles. The molecule has 7 atom stereocenters. The number of rotatable bonds is 15. The smallest absolute Gasteiger partial charge is 0.264 e. The predicted molar refractivity (Wildman–Crippen MR) is 253 cm³/mol. The largest absolute Gasteiger partial charge is 0.497 e. The molecule has 14 nitrogen and oxygen atoms in total. The maximum Gasteiger partial charge on any atom is 0.264 e. The molecule has 3 saturated heterocycles. The number of hydrogen-bond acceptors (Lipinski definition) is 10. The van der Waals surface area contributed by atoms with Crippen molar-refractivity contribution in [3.8, 4) is 5.75 Å². The maximum absolute atomic E-state index is 15.6. The number of benzene rings is 4. The molecule has 4 aliphatic rings. The Morgan fingerprint density at radius 1 is 0.923 bits per heavy atom. The molecule has 15 heteroatoms. The highest BCUT2D eigenvalue weighted by Crippen LogP contribution is 2.60. The van der Waals surface area contributed by atoms with Crippen LogP contribution >= 0.6 is 0 Å². The highest BCUT2D eigenvalue weighted by atomic mass is 28.3. The van der Waals surface area contributed by atoms with Gasteiger partial charge in [0.2, 0.25) is 11.8 Å². The van der Waals surface area contributed by atoms with Gasteiger partial charge in [0.15, 0.2) is 5.60 Å². The quantitative estimate of drug-likeness (QED) is 0.0829. The number of nitrogens with one attached hydrogen (secondary N) is 4. The van der Waals surface area contributed by atoms with Crippen LogP contribution < -0.4 is 36.1 Å². The van der Waals surface area contributed by atoms with Gasteiger partial charge < -0.3 is 40.7 Å². The summed E-state index contributed by atoms with van der Waals surface area (Å²) in [7, 11) is -0.818. The summed E-state index contributed by atoms with van der Waals surface area (Å²) < 4.78 is 14.8. The number of carbonyl (C=O) groups is 3. The van der Waals surface area contributed by atoms with E-state index in [1.54, 1.807) is 7.11 Å². The fourth-order valence-electron chi connectivity index (χ4n) is 10.9. The van der Waals surface area contributed by atoms with Gasteiger partial charge in [0, 0.05) is 35.6 Å². The topological polar surface area (TPSA) is 172 Å². The Hall–Kier alpha value is -5.71. The van der Waals surface area contributed by atoms with Crippen LogP contribution in [0.5, 0.6) is 5.75 Å². The van der Waals surface area contributed by atoms with E-state index in [9.17, 15) is 14.7 Å². The molecular weight excluding hydrogens is 837 g/mol. The minimum atomic E-state index is -2.48. The second-order valence-electron chi connectivity index (χ2n) is 18.6. The Kier molecular flexibility index (Phi) is 12.8. The maximum atomic E-state index is 15.6. The van der Waals surface area contributed by atoms with Gasteiger partial charge >= 0.3 is 0 Å². The number of aliphatic hydroxyl groups excluding tert-OH is 1. The van der Waals surface area contributed by atoms with E-state index in [0.29, 0.717) is 30.0 Å². The summed E-state index contributed by atoms with van der Waals surface area (Å²) >= 11 is 0. The summed E-state index contributed by atoms with van der Waals surface area (Å²) in [6.45, 7) is 9.17. The van der Waals surface area contributed by atoms with Gasteiger partial charge in [0.25, 0.3) is 5.91 Å². The van der Waals surface area contributed by atoms with E-state index >= 15 is 4.79 Å². The summed E-state index contributed by atoms with van der Waals surface area (Å²) in [4.78, 5) is 43.8. The Labute approximate surface area is 381 Å². The lowest BCUT2D eigenvalue weighted by atomic mass is 9.82. The number of fused-ring (bicyclic) bond motifs is 2. The zero-order valence-electron chi connectivity index (χ0n) is 37.6. The van der Waals surface area contributed by atoms with Crippen molar-refractivity contribution < 1.29 is 29.0 Å². The van der Waals surface area contributed by atoms with Crippen molar-refractivity contribution in [2.75, 3.05) is 42.3 Å². The van der Waals surface area contributed by atoms with Gasteiger partial charge in [0.05, 0.1) is 63.8 Å². The number of aromatic nitrogens is 3. The molecule has 9 rings (SSSR count). The van der Waals surface area contributed by atoms with Crippen LogP contribution in [-0.2, 0) is 37.8 Å². The first-order valence-electron chi connectivity index (χ1n) is 23.0. The highest BCUT2D eigenvalue weighted by Gasteiger charge is 2.66. The lowest BCUT2D eigenvalue weighted by Gasteiger charge is -2.37. The van der Waals surface area contributed by atoms with Crippen molar-refractivity contribution in [2.45, 2.75) is 100 Å². The van der Waals surface area contributed by atoms with E-state index in [0.717, 1.165) is 66.9 Å². The minimum absolute atomic E-state index is 0.0386. The van der Waals surface area contributed by atoms with E-state index in [2.05, 4.69) is 63.7 Å². The number of aliphatic hydroxyl groups is 1. The van der Waals surface area contributed by atoms with Crippen LogP contribution in [0.1, 0.15) is 67.3 Å². The number of carbonyl (C=O) groups excluding carboxylic acids is 3. The van der Waals surface area contributed by atoms with Crippen molar-refractivity contribution in [1.82, 2.24) is 25.6 Å². The Morgan fingerprint density at radius 3 is 2.22 bits per heavy atom. The summed E-state index contributed by atoms with van der Waals surface area (Å²) in [5.41, 5.74) is 3.93. The van der Waals surface area contributed by atoms with Gasteiger partial charge in [-0.2, -0.15) is 0 Å². The third-order valence-electron chi connectivity index (χ3n) is 14.4. The van der Waals surface area contributed by atoms with Crippen LogP contribution in [0.3, 0.4) is 0 Å². The molecule has 1 spiro atoms. The first-order valence-corrected chi connectivity index (χ1v) is 26.1. The van der Waals surface area contributed by atoms with Crippen LogP contribution in [0, 0.1) is 5.92 Å². The van der Waals surface area contributed by atoms with E-state index in [1.807, 2.05) is 101 Å². The first-order chi connectivity index (χ1) is 31.5. The van der Waals surface area contributed by atoms with Crippen molar-refractivity contribution in [3.05, 3.63) is 126 Å². The van der Waals surface area contributed by atoms with Gasteiger partial charge in [0.1, 0.15) is 5.75 Å². The molecule has 0 radical (unpaired) electrons. The van der Waals surface area contributed by atoms with Gasteiger partial charge in [-0.25, -0.2) is 0 Å². The van der Waals surface area contributed by atoms with Gasteiger partial charge in [-0.3, -0.25) is 19.1 Å². The molecule has 5 N–H and O–H groups in total. The van der Waals surface area contributed by atoms with Crippen LogP contribution in [-0.4, -0.2) is 90.9 Å². The van der Waals surface area contributed by atoms with Crippen molar-refractivity contribution >= 4 is 48.0 Å². The Morgan fingerprint density at radius 2 is 1.58 bits per heavy atom. The van der Waals surface area contributed by atoms with E-state index < -0.39 is 13.7 Å². The highest BCUT2D eigenvalue weighted by molar-refractivity contribution is 6.91. The summed E-state index contributed by atoms with van der Waals surface area (Å²) in [5.74, 6) is -0.0991. The Bertz CT molecular complexity index is 2490. The van der Waals surface area contributed by atoms with Gasteiger partial charge in [-0.15, -0.1) is 5.10 Å². The standard InChI is InChI=1S/C50H60N8O6Si/c1-32-46(65(3,4)38-21-19-37(63-2)20-22-38)45(24-27-57-30-43(55-56-57)39(31-59)34-10-6-5-7-11-34)64-50(32)40-28-36(54-48(61)42-13-9-26-52-42)18-23-44(40)58(49(50)62)29-33-14-16-35(17-15-33)53-47(60)41-12-8-25-51-41/h5-7,10-11,14-23,28,30,32,39,41-42,45-46,51-52,59H,8-9,12-13,24-27,29,31H2,1-4H3,(H,53,60)(H,54,61)/t32-,39?,41-,42-,45+,46-,50+/m1/s1. The van der Waals surface area contributed by atoms with Gasteiger partial charge in [-0.05, 0) is 104 Å². The predicted octanol–water partition coefficient (Wildman–Crippen LogP) is 5.65. The molecule has 0 saturated carbocycles. The zero-order chi connectivity index (χ0) is 45.3. The monoisotopic (exact) mass is 896 g/mol. The molecule has 340 valence electrons. The Balaban J connectivity index is 1.06. The summed E-state index contributed by atoms with van der Waals surface area (Å²) in [6, 6.07) is 31.1. The molecule has 65 heavy (non-hydrogen) atoms. The lowest BCUT2D eigenvalue weighted by Crippen LogP contribution is -2.51. The first kappa shape index (κ1) is 44.5. The normalized spacial score (nSPS) is 24.4. The van der Waals surface area contributed by atoms with Crippen LogP contribution in [0.25, 0.3) is 0 Å². The molecule has 3 amide bonds. The molecule has 3 fully saturated rings. The molecule has 4 aliphatic heterocycles. The second-order valence-corrected chi connectivity index (χ2v) is 23.3. The third-order valence-corrected chi connectivity index (χ3v) is 18.7. The van der Waals surface area contributed by atoms with Crippen LogP contribution in [0.2, 0.25) is 18.6 Å². The summed E-state index contributed by atoms with van der Waals surface area (Å²) in [6.07, 6.45) is 5.58. The third kappa shape index (κ3) is 8.63. The number of aryl methyl sites for hydroxylation is 1. The van der Waals surface area contributed by atoms with Gasteiger partial charge in [-0.1, -0.05) is 85.0 Å². The number of hydrogen-bond donors (Lipinski definition) is 5. The minimum Gasteiger partial charge on any atom is -0.497 e. The number of amides is 3. The average Bonchev–Trinajstić information content (AvgIpc) is 4.19. The molecule has 0 bridgehead atoms. The molecule has 0 aliphatic carbocycles. The van der Waals surface area contributed by atoms with E-state index in [4.69, 9.17) is 9.47 Å². The number of nitrogens with zero attached hydrogens (tertiary/aromatic N) is 4. The van der Waals surface area contributed by atoms with Crippen molar-refractivity contribution in [2.24, 2.45) is 5.92 Å². The van der Waals surface area contributed by atoms with E-state index in [-0.39, 0.29) is 66.4 Å². The number of methoxy groups -OCH3 is 1. The average molecular weight is 897 g/mol. The molecular formula is C50H60N8O6Si. The number of anilines is 3. The lowest BCUT2D eigenvalue weighted by molar-refractivity contribution is -0.146. The fraction of sp³-hybridized carbons (Fsp3) is 0.420. The molecule has 1 unspecified atom stereocenters. The molecule has 1 aromatic heterocycles. The van der Waals surface area contributed by atoms with Crippen molar-refractivity contribution in [3.63, 3.8) is 0 Å². The number of ether oxygens (including phenoxy) is 2. The zero-order valence-corrected chi connectivity index (χ0v) is 38.6. The second kappa shape index (κ2) is 18.6. The van der Waals surface area contributed by atoms with Crippen LogP contribution in [0.4, 0.5) is 17.1 Å².